The molecule has 6 nitrogen and oxygen atoms in total. The van der Waals surface area contributed by atoms with Gasteiger partial charge in [-0.15, -0.1) is 0 Å². The van der Waals surface area contributed by atoms with Gasteiger partial charge in [-0.05, 0) is 45.8 Å². The number of aliphatic hydroxyl groups is 1. The number of carbonyl (C=O) groups is 2. The first kappa shape index (κ1) is 17.9. The quantitative estimate of drug-likeness (QED) is 0.744. The van der Waals surface area contributed by atoms with Gasteiger partial charge >= 0.3 is 6.09 Å². The van der Waals surface area contributed by atoms with Gasteiger partial charge in [-0.3, -0.25) is 4.79 Å². The predicted octanol–water partition coefficient (Wildman–Crippen LogP) is 1.77. The Morgan fingerprint density at radius 3 is 2.61 bits per heavy atom. The molecule has 0 aliphatic carbocycles. The van der Waals surface area contributed by atoms with Gasteiger partial charge in [0.15, 0.2) is 5.78 Å². The van der Waals surface area contributed by atoms with Crippen molar-refractivity contribution in [3.8, 4) is 0 Å². The van der Waals surface area contributed by atoms with E-state index in [2.05, 4.69) is 0 Å². The standard InChI is InChI=1S/C17H27NO5/c1-11(19)5-13-6-12-7-18(16(21)23-17(2,3)4)8-14(15(13)20)10-22-9-12/h5,12,14-15,20H,6-10H2,1-4H3/b13-5-. The van der Waals surface area contributed by atoms with E-state index >= 15 is 0 Å². The molecule has 0 aromatic rings. The summed E-state index contributed by atoms with van der Waals surface area (Å²) in [6.07, 6.45) is 0.947. The molecule has 130 valence electrons. The van der Waals surface area contributed by atoms with Gasteiger partial charge in [-0.2, -0.15) is 0 Å². The number of amides is 1. The number of ether oxygens (including phenoxy) is 2. The molecule has 1 N–H and O–H groups in total. The molecule has 3 atom stereocenters. The first-order chi connectivity index (χ1) is 10.7. The Bertz CT molecular complexity index is 494. The molecule has 0 aromatic carbocycles. The first-order valence-electron chi connectivity index (χ1n) is 8.10. The Hall–Kier alpha value is -1.40. The third kappa shape index (κ3) is 5.04. The van der Waals surface area contributed by atoms with Crippen LogP contribution in [0.1, 0.15) is 34.1 Å². The maximum atomic E-state index is 12.4. The second-order valence-electron chi connectivity index (χ2n) is 7.53. The molecule has 0 aromatic heterocycles. The summed E-state index contributed by atoms with van der Waals surface area (Å²) in [4.78, 5) is 25.5. The molecule has 3 rings (SSSR count). The van der Waals surface area contributed by atoms with E-state index in [1.165, 1.54) is 13.0 Å². The van der Waals surface area contributed by atoms with Crippen molar-refractivity contribution in [1.29, 1.82) is 0 Å². The molecule has 6 heteroatoms. The summed E-state index contributed by atoms with van der Waals surface area (Å²) >= 11 is 0. The second kappa shape index (κ2) is 7.01. The third-order valence-electron chi connectivity index (χ3n) is 4.01. The van der Waals surface area contributed by atoms with Crippen molar-refractivity contribution < 1.29 is 24.2 Å². The zero-order valence-corrected chi connectivity index (χ0v) is 14.4. The molecule has 3 fully saturated rings. The number of carbonyl (C=O) groups excluding carboxylic acids is 2. The van der Waals surface area contributed by atoms with Gasteiger partial charge in [-0.1, -0.05) is 0 Å². The van der Waals surface area contributed by atoms with E-state index in [4.69, 9.17) is 9.47 Å². The number of hydrogen-bond acceptors (Lipinski definition) is 5. The molecule has 2 bridgehead atoms. The van der Waals surface area contributed by atoms with Crippen molar-refractivity contribution in [2.75, 3.05) is 26.3 Å². The monoisotopic (exact) mass is 325 g/mol. The lowest BCUT2D eigenvalue weighted by Crippen LogP contribution is -2.50. The normalized spacial score (nSPS) is 30.6. The lowest BCUT2D eigenvalue weighted by molar-refractivity contribution is -0.112. The van der Waals surface area contributed by atoms with Gasteiger partial charge in [0, 0.05) is 24.9 Å². The van der Waals surface area contributed by atoms with Crippen LogP contribution in [0.3, 0.4) is 0 Å². The van der Waals surface area contributed by atoms with Crippen molar-refractivity contribution in [2.45, 2.75) is 45.8 Å². The minimum absolute atomic E-state index is 0.0454. The van der Waals surface area contributed by atoms with Crippen LogP contribution in [0.15, 0.2) is 11.6 Å². The Balaban J connectivity index is 2.20. The first-order valence-corrected chi connectivity index (χ1v) is 8.10. The third-order valence-corrected chi connectivity index (χ3v) is 4.01. The van der Waals surface area contributed by atoms with E-state index in [0.29, 0.717) is 32.7 Å². The number of ketones is 1. The van der Waals surface area contributed by atoms with Gasteiger partial charge in [-0.25, -0.2) is 4.79 Å². The molecule has 0 radical (unpaired) electrons. The van der Waals surface area contributed by atoms with E-state index in [1.807, 2.05) is 20.8 Å². The van der Waals surface area contributed by atoms with E-state index < -0.39 is 11.7 Å². The van der Waals surface area contributed by atoms with Crippen molar-refractivity contribution in [3.05, 3.63) is 11.6 Å². The predicted molar refractivity (Wildman–Crippen MR) is 85.0 cm³/mol. The molecule has 3 heterocycles. The van der Waals surface area contributed by atoms with Crippen LogP contribution in [-0.4, -0.2) is 59.9 Å². The average Bonchev–Trinajstić information content (AvgIpc) is 2.35. The number of aliphatic hydroxyl groups excluding tert-OH is 1. The molecule has 23 heavy (non-hydrogen) atoms. The molecule has 0 spiro atoms. The van der Waals surface area contributed by atoms with Crippen LogP contribution in [0, 0.1) is 11.8 Å². The molecule has 3 saturated heterocycles. The maximum Gasteiger partial charge on any atom is 0.410 e. The van der Waals surface area contributed by atoms with Gasteiger partial charge in [0.05, 0.1) is 19.3 Å². The van der Waals surface area contributed by atoms with E-state index in [9.17, 15) is 14.7 Å². The summed E-state index contributed by atoms with van der Waals surface area (Å²) in [6.45, 7) is 8.74. The summed E-state index contributed by atoms with van der Waals surface area (Å²) in [5.74, 6) is -0.277. The molecule has 1 amide bonds. The SMILES string of the molecule is CC(=O)/C=C1/CC2COCC(CN(C(=O)OC(C)(C)C)C2)C1O. The van der Waals surface area contributed by atoms with Crippen LogP contribution < -0.4 is 0 Å². The molecule has 3 aliphatic heterocycles. The van der Waals surface area contributed by atoms with Crippen molar-refractivity contribution in [2.24, 2.45) is 11.8 Å². The maximum absolute atomic E-state index is 12.4. The zero-order valence-electron chi connectivity index (χ0n) is 14.4. The minimum Gasteiger partial charge on any atom is -0.444 e. The van der Waals surface area contributed by atoms with E-state index in [-0.39, 0.29) is 23.7 Å². The molecule has 3 unspecified atom stereocenters. The van der Waals surface area contributed by atoms with Crippen LogP contribution in [0.2, 0.25) is 0 Å². The fraction of sp³-hybridized carbons (Fsp3) is 0.765. The number of rotatable bonds is 1. The number of hydrogen-bond donors (Lipinski definition) is 1. The molecule has 0 saturated carbocycles. The van der Waals surface area contributed by atoms with Crippen molar-refractivity contribution in [1.82, 2.24) is 4.90 Å². The lowest BCUT2D eigenvalue weighted by Gasteiger charge is -2.40. The molecular weight excluding hydrogens is 298 g/mol. The highest BCUT2D eigenvalue weighted by Gasteiger charge is 2.36. The number of allylic oxidation sites excluding steroid dienone is 1. The Labute approximate surface area is 137 Å². The van der Waals surface area contributed by atoms with Gasteiger partial charge in [0.25, 0.3) is 0 Å². The fourth-order valence-electron chi connectivity index (χ4n) is 3.11. The van der Waals surface area contributed by atoms with Crippen molar-refractivity contribution in [3.63, 3.8) is 0 Å². The van der Waals surface area contributed by atoms with Crippen LogP contribution in [0.25, 0.3) is 0 Å². The molecule has 3 aliphatic rings. The highest BCUT2D eigenvalue weighted by atomic mass is 16.6. The molecular formula is C17H27NO5. The summed E-state index contributed by atoms with van der Waals surface area (Å²) in [6, 6.07) is 0. The highest BCUT2D eigenvalue weighted by Crippen LogP contribution is 2.29. The van der Waals surface area contributed by atoms with Gasteiger partial charge in [0.2, 0.25) is 0 Å². The Morgan fingerprint density at radius 1 is 1.30 bits per heavy atom. The van der Waals surface area contributed by atoms with Crippen LogP contribution in [0.5, 0.6) is 0 Å². The smallest absolute Gasteiger partial charge is 0.410 e. The lowest BCUT2D eigenvalue weighted by atomic mass is 9.85. The van der Waals surface area contributed by atoms with Gasteiger partial charge < -0.3 is 19.5 Å². The fourth-order valence-corrected chi connectivity index (χ4v) is 3.11. The van der Waals surface area contributed by atoms with Crippen LogP contribution >= 0.6 is 0 Å². The summed E-state index contributed by atoms with van der Waals surface area (Å²) in [5, 5.41) is 10.6. The largest absolute Gasteiger partial charge is 0.444 e. The average molecular weight is 325 g/mol. The summed E-state index contributed by atoms with van der Waals surface area (Å²) < 4.78 is 11.1. The van der Waals surface area contributed by atoms with Crippen molar-refractivity contribution >= 4 is 11.9 Å². The highest BCUT2D eigenvalue weighted by molar-refractivity contribution is 5.88. The second-order valence-corrected chi connectivity index (χ2v) is 7.53. The Kier molecular flexibility index (Phi) is 5.47. The number of fused-ring (bicyclic) bond motifs is 6. The number of nitrogens with zero attached hydrogens (tertiary/aromatic N) is 1. The summed E-state index contributed by atoms with van der Waals surface area (Å²) in [7, 11) is 0. The van der Waals surface area contributed by atoms with Gasteiger partial charge in [0.1, 0.15) is 5.60 Å². The Morgan fingerprint density at radius 2 is 2.00 bits per heavy atom. The van der Waals surface area contributed by atoms with E-state index in [0.717, 1.165) is 5.57 Å². The van der Waals surface area contributed by atoms with Crippen LogP contribution in [-0.2, 0) is 14.3 Å². The summed E-state index contributed by atoms with van der Waals surface area (Å²) in [5.41, 5.74) is 0.197. The zero-order chi connectivity index (χ0) is 17.2. The van der Waals surface area contributed by atoms with E-state index in [1.54, 1.807) is 4.90 Å². The topological polar surface area (TPSA) is 76.1 Å². The van der Waals surface area contributed by atoms with Crippen LogP contribution in [0.4, 0.5) is 4.79 Å². The minimum atomic E-state index is -0.771.